The van der Waals surface area contributed by atoms with Crippen molar-refractivity contribution in [3.05, 3.63) is 35.4 Å². The Balaban J connectivity index is 1.70. The van der Waals surface area contributed by atoms with Gasteiger partial charge in [0.1, 0.15) is 5.54 Å². The topological polar surface area (TPSA) is 61.4 Å². The molecule has 5 heteroatoms. The van der Waals surface area contributed by atoms with Crippen LogP contribution < -0.4 is 10.6 Å². The summed E-state index contributed by atoms with van der Waals surface area (Å²) in [5.41, 5.74) is 1.56. The molecule has 2 aliphatic heterocycles. The fourth-order valence-corrected chi connectivity index (χ4v) is 5.07. The second kappa shape index (κ2) is 7.03. The zero-order valence-electron chi connectivity index (χ0n) is 15.6. The molecule has 3 fully saturated rings. The predicted octanol–water partition coefficient (Wildman–Crippen LogP) is 2.77. The van der Waals surface area contributed by atoms with Crippen molar-refractivity contribution in [1.29, 1.82) is 0 Å². The van der Waals surface area contributed by atoms with Crippen LogP contribution in [0.15, 0.2) is 24.3 Å². The molecule has 1 unspecified atom stereocenters. The largest absolute Gasteiger partial charge is 0.325 e. The van der Waals surface area contributed by atoms with Gasteiger partial charge in [0, 0.05) is 12.5 Å². The lowest BCUT2D eigenvalue weighted by atomic mass is 9.73. The number of carbonyl (C=O) groups excluding carboxylic acids is 2. The van der Waals surface area contributed by atoms with Crippen LogP contribution in [0.2, 0.25) is 0 Å². The van der Waals surface area contributed by atoms with E-state index in [2.05, 4.69) is 29.7 Å². The Kier molecular flexibility index (Phi) is 4.74. The van der Waals surface area contributed by atoms with Gasteiger partial charge in [-0.25, -0.2) is 4.79 Å². The third-order valence-corrected chi connectivity index (χ3v) is 6.61. The molecule has 3 amide bonds. The van der Waals surface area contributed by atoms with E-state index >= 15 is 0 Å². The normalized spacial score (nSPS) is 28.0. The summed E-state index contributed by atoms with van der Waals surface area (Å²) in [5.74, 6) is 0.204. The van der Waals surface area contributed by atoms with Gasteiger partial charge in [0.25, 0.3) is 5.91 Å². The molecule has 1 aromatic carbocycles. The molecule has 0 aromatic heterocycles. The quantitative estimate of drug-likeness (QED) is 0.817. The van der Waals surface area contributed by atoms with Gasteiger partial charge in [-0.3, -0.25) is 9.69 Å². The molecule has 2 N–H and O–H groups in total. The number of nitrogens with one attached hydrogen (secondary N) is 2. The van der Waals surface area contributed by atoms with Gasteiger partial charge in [0.15, 0.2) is 0 Å². The number of carbonyl (C=O) groups is 2. The van der Waals surface area contributed by atoms with E-state index in [1.54, 1.807) is 4.90 Å². The highest BCUT2D eigenvalue weighted by molar-refractivity contribution is 6.07. The van der Waals surface area contributed by atoms with Crippen LogP contribution >= 0.6 is 0 Å². The van der Waals surface area contributed by atoms with Gasteiger partial charge in [-0.15, -0.1) is 0 Å². The highest BCUT2D eigenvalue weighted by Crippen LogP contribution is 2.38. The first kappa shape index (κ1) is 17.5. The van der Waals surface area contributed by atoms with E-state index in [0.717, 1.165) is 57.2 Å². The fourth-order valence-electron chi connectivity index (χ4n) is 5.07. The van der Waals surface area contributed by atoms with E-state index in [-0.39, 0.29) is 23.9 Å². The van der Waals surface area contributed by atoms with E-state index in [9.17, 15) is 9.59 Å². The van der Waals surface area contributed by atoms with Crippen molar-refractivity contribution < 1.29 is 9.59 Å². The first-order valence-corrected chi connectivity index (χ1v) is 10.0. The molecule has 1 atom stereocenters. The van der Waals surface area contributed by atoms with Crippen LogP contribution in [0.5, 0.6) is 0 Å². The molecule has 2 saturated heterocycles. The smallest absolute Gasteiger partial charge is 0.322 e. The number of nitrogens with zero attached hydrogens (tertiary/aromatic N) is 1. The summed E-state index contributed by atoms with van der Waals surface area (Å²) in [6.45, 7) is 3.90. The van der Waals surface area contributed by atoms with E-state index in [4.69, 9.17) is 0 Å². The Morgan fingerprint density at radius 2 is 1.77 bits per heavy atom. The standard InChI is InChI=1S/C21H29N3O2/c1-15-6-2-3-7-16(15)14-21(17-10-12-22-13-11-17)19(25)24(20(26)23-21)18-8-4-5-9-18/h2-3,6-7,17-18,22H,4-5,8-14H2,1H3,(H,23,26). The van der Waals surface area contributed by atoms with Gasteiger partial charge in [-0.2, -0.15) is 0 Å². The number of benzene rings is 1. The Hall–Kier alpha value is -1.88. The number of imide groups is 1. The number of urea groups is 1. The number of rotatable bonds is 4. The van der Waals surface area contributed by atoms with E-state index in [1.807, 2.05) is 12.1 Å². The van der Waals surface area contributed by atoms with Crippen LogP contribution in [0, 0.1) is 12.8 Å². The van der Waals surface area contributed by atoms with Crippen molar-refractivity contribution in [3.8, 4) is 0 Å². The Morgan fingerprint density at radius 1 is 1.08 bits per heavy atom. The summed E-state index contributed by atoms with van der Waals surface area (Å²) in [6, 6.07) is 8.14. The summed E-state index contributed by atoms with van der Waals surface area (Å²) < 4.78 is 0. The summed E-state index contributed by atoms with van der Waals surface area (Å²) in [7, 11) is 0. The maximum absolute atomic E-state index is 13.7. The molecule has 0 bridgehead atoms. The van der Waals surface area contributed by atoms with Crippen LogP contribution in [0.25, 0.3) is 0 Å². The number of hydrogen-bond donors (Lipinski definition) is 2. The van der Waals surface area contributed by atoms with Crippen LogP contribution in [0.4, 0.5) is 4.79 Å². The Bertz CT molecular complexity index is 692. The minimum absolute atomic E-state index is 0.0181. The lowest BCUT2D eigenvalue weighted by Gasteiger charge is -2.38. The van der Waals surface area contributed by atoms with Crippen LogP contribution in [0.1, 0.15) is 49.7 Å². The average molecular weight is 355 g/mol. The van der Waals surface area contributed by atoms with Gasteiger partial charge in [-0.05, 0) is 62.7 Å². The molecule has 1 saturated carbocycles. The van der Waals surface area contributed by atoms with Gasteiger partial charge < -0.3 is 10.6 Å². The lowest BCUT2D eigenvalue weighted by Crippen LogP contribution is -2.57. The van der Waals surface area contributed by atoms with Crippen LogP contribution in [0.3, 0.4) is 0 Å². The number of aryl methyl sites for hydroxylation is 1. The minimum Gasteiger partial charge on any atom is -0.322 e. The molecule has 1 aliphatic carbocycles. The predicted molar refractivity (Wildman–Crippen MR) is 101 cm³/mol. The monoisotopic (exact) mass is 355 g/mol. The summed E-state index contributed by atoms with van der Waals surface area (Å²) in [6.07, 6.45) is 6.57. The molecule has 0 radical (unpaired) electrons. The molecule has 26 heavy (non-hydrogen) atoms. The Labute approximate surface area is 155 Å². The van der Waals surface area contributed by atoms with Crippen molar-refractivity contribution in [2.45, 2.75) is 63.5 Å². The molecular formula is C21H29N3O2. The zero-order chi connectivity index (χ0) is 18.1. The third kappa shape index (κ3) is 2.92. The molecular weight excluding hydrogens is 326 g/mol. The van der Waals surface area contributed by atoms with E-state index in [1.165, 1.54) is 5.56 Å². The zero-order valence-corrected chi connectivity index (χ0v) is 15.6. The molecule has 1 aromatic rings. The summed E-state index contributed by atoms with van der Waals surface area (Å²) in [5, 5.41) is 6.58. The first-order chi connectivity index (χ1) is 12.6. The maximum Gasteiger partial charge on any atom is 0.325 e. The van der Waals surface area contributed by atoms with E-state index < -0.39 is 5.54 Å². The fraction of sp³-hybridized carbons (Fsp3) is 0.619. The van der Waals surface area contributed by atoms with Gasteiger partial charge in [0.2, 0.25) is 0 Å². The van der Waals surface area contributed by atoms with E-state index in [0.29, 0.717) is 6.42 Å². The SMILES string of the molecule is Cc1ccccc1CC1(C2CCNCC2)NC(=O)N(C2CCCC2)C1=O. The average Bonchev–Trinajstić information content (AvgIpc) is 3.25. The molecule has 5 nitrogen and oxygen atoms in total. The lowest BCUT2D eigenvalue weighted by molar-refractivity contribution is -0.135. The molecule has 2 heterocycles. The maximum atomic E-state index is 13.7. The molecule has 0 spiro atoms. The van der Waals surface area contributed by atoms with Gasteiger partial charge in [-0.1, -0.05) is 37.1 Å². The van der Waals surface area contributed by atoms with Crippen LogP contribution in [-0.4, -0.2) is 41.5 Å². The molecule has 4 rings (SSSR count). The first-order valence-electron chi connectivity index (χ1n) is 10.0. The Morgan fingerprint density at radius 3 is 2.46 bits per heavy atom. The van der Waals surface area contributed by atoms with Gasteiger partial charge in [0.05, 0.1) is 0 Å². The highest BCUT2D eigenvalue weighted by Gasteiger charge is 2.57. The van der Waals surface area contributed by atoms with Crippen molar-refractivity contribution in [2.24, 2.45) is 5.92 Å². The number of hydrogen-bond acceptors (Lipinski definition) is 3. The van der Waals surface area contributed by atoms with Gasteiger partial charge >= 0.3 is 6.03 Å². The molecule has 3 aliphatic rings. The number of piperidine rings is 1. The summed E-state index contributed by atoms with van der Waals surface area (Å²) in [4.78, 5) is 28.1. The highest BCUT2D eigenvalue weighted by atomic mass is 16.2. The molecule has 140 valence electrons. The third-order valence-electron chi connectivity index (χ3n) is 6.61. The van der Waals surface area contributed by atoms with Crippen LogP contribution in [-0.2, 0) is 11.2 Å². The summed E-state index contributed by atoms with van der Waals surface area (Å²) >= 11 is 0. The van der Waals surface area contributed by atoms with Crippen molar-refractivity contribution in [3.63, 3.8) is 0 Å². The minimum atomic E-state index is -0.784. The van der Waals surface area contributed by atoms with Crippen molar-refractivity contribution in [1.82, 2.24) is 15.5 Å². The number of amides is 3. The second-order valence-electron chi connectivity index (χ2n) is 8.14. The van der Waals surface area contributed by atoms with Crippen molar-refractivity contribution in [2.75, 3.05) is 13.1 Å². The van der Waals surface area contributed by atoms with Crippen molar-refractivity contribution >= 4 is 11.9 Å². The second-order valence-corrected chi connectivity index (χ2v) is 8.14.